The van der Waals surface area contributed by atoms with Gasteiger partial charge in [-0.2, -0.15) is 0 Å². The minimum absolute atomic E-state index is 0.682. The fourth-order valence-corrected chi connectivity index (χ4v) is 1.63. The van der Waals surface area contributed by atoms with Crippen LogP contribution < -0.4 is 0 Å². The van der Waals surface area contributed by atoms with Crippen LogP contribution in [0.3, 0.4) is 0 Å². The number of para-hydroxylation sites is 1. The van der Waals surface area contributed by atoms with Crippen molar-refractivity contribution in [1.82, 2.24) is 15.0 Å². The van der Waals surface area contributed by atoms with Gasteiger partial charge in [-0.15, -0.1) is 5.10 Å². The molecule has 0 aliphatic heterocycles. The van der Waals surface area contributed by atoms with E-state index in [2.05, 4.69) is 10.3 Å². The van der Waals surface area contributed by atoms with Gasteiger partial charge in [-0.25, -0.2) is 4.68 Å². The first kappa shape index (κ1) is 10.8. The van der Waals surface area contributed by atoms with Gasteiger partial charge in [-0.1, -0.05) is 23.4 Å². The highest BCUT2D eigenvalue weighted by molar-refractivity contribution is 5.40. The van der Waals surface area contributed by atoms with E-state index in [1.54, 1.807) is 24.7 Å². The molecule has 0 saturated carbocycles. The first-order valence-corrected chi connectivity index (χ1v) is 5.20. The van der Waals surface area contributed by atoms with Crippen LogP contribution in [-0.2, 0) is 5.60 Å². The third kappa shape index (κ3) is 1.84. The van der Waals surface area contributed by atoms with Crippen LogP contribution in [0.5, 0.6) is 0 Å². The smallest absolute Gasteiger partial charge is 0.103 e. The second-order valence-electron chi connectivity index (χ2n) is 4.38. The number of hydrogen-bond acceptors (Lipinski definition) is 3. The van der Waals surface area contributed by atoms with Gasteiger partial charge in [0.1, 0.15) is 5.60 Å². The largest absolute Gasteiger partial charge is 0.384 e. The molecule has 4 nitrogen and oxygen atoms in total. The minimum atomic E-state index is -0.953. The van der Waals surface area contributed by atoms with Crippen LogP contribution in [0.25, 0.3) is 5.69 Å². The first-order chi connectivity index (χ1) is 7.50. The molecule has 4 heteroatoms. The summed E-state index contributed by atoms with van der Waals surface area (Å²) >= 11 is 0. The minimum Gasteiger partial charge on any atom is -0.384 e. The fourth-order valence-electron chi connectivity index (χ4n) is 1.63. The summed E-state index contributed by atoms with van der Waals surface area (Å²) in [5, 5.41) is 17.9. The van der Waals surface area contributed by atoms with E-state index in [4.69, 9.17) is 0 Å². The quantitative estimate of drug-likeness (QED) is 0.834. The van der Waals surface area contributed by atoms with Gasteiger partial charge in [-0.3, -0.25) is 0 Å². The molecule has 1 aromatic carbocycles. The maximum atomic E-state index is 10.0. The van der Waals surface area contributed by atoms with Crippen molar-refractivity contribution in [2.24, 2.45) is 0 Å². The van der Waals surface area contributed by atoms with Gasteiger partial charge in [-0.05, 0) is 32.4 Å². The molecule has 16 heavy (non-hydrogen) atoms. The molecular weight excluding hydrogens is 202 g/mol. The summed E-state index contributed by atoms with van der Waals surface area (Å²) in [5.41, 5.74) is 1.77. The zero-order valence-electron chi connectivity index (χ0n) is 9.68. The Morgan fingerprint density at radius 1 is 1.25 bits per heavy atom. The summed E-state index contributed by atoms with van der Waals surface area (Å²) in [5.74, 6) is 0. The van der Waals surface area contributed by atoms with Gasteiger partial charge < -0.3 is 5.11 Å². The Morgan fingerprint density at radius 2 is 1.94 bits per heavy atom. The van der Waals surface area contributed by atoms with Crippen LogP contribution in [0.15, 0.2) is 30.5 Å². The predicted octanol–water partition coefficient (Wildman–Crippen LogP) is 1.80. The van der Waals surface area contributed by atoms with Crippen LogP contribution in [-0.4, -0.2) is 20.1 Å². The topological polar surface area (TPSA) is 50.9 Å². The Kier molecular flexibility index (Phi) is 2.52. The van der Waals surface area contributed by atoms with E-state index in [-0.39, 0.29) is 0 Å². The van der Waals surface area contributed by atoms with Gasteiger partial charge >= 0.3 is 0 Å². The normalized spacial score (nSPS) is 11.8. The van der Waals surface area contributed by atoms with Crippen molar-refractivity contribution in [2.45, 2.75) is 26.4 Å². The van der Waals surface area contributed by atoms with E-state index in [1.165, 1.54) is 0 Å². The van der Waals surface area contributed by atoms with Gasteiger partial charge in [0.15, 0.2) is 0 Å². The summed E-state index contributed by atoms with van der Waals surface area (Å²) < 4.78 is 1.68. The van der Waals surface area contributed by atoms with Crippen LogP contribution in [0.1, 0.15) is 25.1 Å². The average molecular weight is 217 g/mol. The number of aryl methyl sites for hydroxylation is 1. The highest BCUT2D eigenvalue weighted by Crippen LogP contribution is 2.22. The molecule has 1 heterocycles. The molecular formula is C12H15N3O. The monoisotopic (exact) mass is 217 g/mol. The molecule has 0 amide bonds. The SMILES string of the molecule is Cc1ccccc1-n1nncc1C(C)(C)O. The van der Waals surface area contributed by atoms with Crippen molar-refractivity contribution >= 4 is 0 Å². The molecule has 2 rings (SSSR count). The van der Waals surface area contributed by atoms with E-state index in [0.29, 0.717) is 5.69 Å². The molecule has 0 radical (unpaired) electrons. The molecule has 0 aliphatic carbocycles. The molecule has 1 N–H and O–H groups in total. The van der Waals surface area contributed by atoms with E-state index in [1.807, 2.05) is 31.2 Å². The van der Waals surface area contributed by atoms with Gasteiger partial charge in [0.05, 0.1) is 17.6 Å². The molecule has 0 atom stereocenters. The number of aliphatic hydroxyl groups is 1. The van der Waals surface area contributed by atoms with E-state index in [0.717, 1.165) is 11.3 Å². The molecule has 0 spiro atoms. The zero-order chi connectivity index (χ0) is 11.8. The van der Waals surface area contributed by atoms with E-state index in [9.17, 15) is 5.11 Å². The van der Waals surface area contributed by atoms with Crippen LogP contribution in [0.4, 0.5) is 0 Å². The molecule has 0 bridgehead atoms. The molecule has 0 fully saturated rings. The lowest BCUT2D eigenvalue weighted by Crippen LogP contribution is -2.21. The summed E-state index contributed by atoms with van der Waals surface area (Å²) in [4.78, 5) is 0. The molecule has 0 saturated heterocycles. The molecule has 1 aromatic heterocycles. The summed E-state index contributed by atoms with van der Waals surface area (Å²) in [7, 11) is 0. The van der Waals surface area contributed by atoms with Crippen molar-refractivity contribution in [3.05, 3.63) is 41.7 Å². The van der Waals surface area contributed by atoms with Gasteiger partial charge in [0, 0.05) is 0 Å². The average Bonchev–Trinajstić information content (AvgIpc) is 2.66. The molecule has 84 valence electrons. The van der Waals surface area contributed by atoms with Gasteiger partial charge in [0.2, 0.25) is 0 Å². The number of rotatable bonds is 2. The van der Waals surface area contributed by atoms with Crippen molar-refractivity contribution in [3.63, 3.8) is 0 Å². The van der Waals surface area contributed by atoms with E-state index < -0.39 is 5.60 Å². The Balaban J connectivity index is 2.58. The van der Waals surface area contributed by atoms with Crippen molar-refractivity contribution in [2.75, 3.05) is 0 Å². The fraction of sp³-hybridized carbons (Fsp3) is 0.333. The van der Waals surface area contributed by atoms with Crippen molar-refractivity contribution in [1.29, 1.82) is 0 Å². The highest BCUT2D eigenvalue weighted by Gasteiger charge is 2.23. The van der Waals surface area contributed by atoms with Gasteiger partial charge in [0.25, 0.3) is 0 Å². The van der Waals surface area contributed by atoms with E-state index >= 15 is 0 Å². The first-order valence-electron chi connectivity index (χ1n) is 5.20. The zero-order valence-corrected chi connectivity index (χ0v) is 9.68. The lowest BCUT2D eigenvalue weighted by atomic mass is 10.1. The third-order valence-corrected chi connectivity index (χ3v) is 2.52. The van der Waals surface area contributed by atoms with Crippen LogP contribution in [0.2, 0.25) is 0 Å². The maximum absolute atomic E-state index is 10.0. The Labute approximate surface area is 94.5 Å². The summed E-state index contributed by atoms with van der Waals surface area (Å²) in [6.45, 7) is 5.45. The Morgan fingerprint density at radius 3 is 2.56 bits per heavy atom. The molecule has 0 unspecified atom stereocenters. The molecule has 2 aromatic rings. The lowest BCUT2D eigenvalue weighted by molar-refractivity contribution is 0.0711. The Bertz CT molecular complexity index is 497. The molecule has 0 aliphatic rings. The maximum Gasteiger partial charge on any atom is 0.103 e. The number of aromatic nitrogens is 3. The number of benzene rings is 1. The Hall–Kier alpha value is -1.68. The predicted molar refractivity (Wildman–Crippen MR) is 61.3 cm³/mol. The summed E-state index contributed by atoms with van der Waals surface area (Å²) in [6.07, 6.45) is 1.59. The lowest BCUT2D eigenvalue weighted by Gasteiger charge is -2.18. The van der Waals surface area contributed by atoms with Crippen LogP contribution >= 0.6 is 0 Å². The highest BCUT2D eigenvalue weighted by atomic mass is 16.3. The third-order valence-electron chi connectivity index (χ3n) is 2.52. The summed E-state index contributed by atoms with van der Waals surface area (Å²) in [6, 6.07) is 7.88. The number of hydrogen-bond donors (Lipinski definition) is 1. The standard InChI is InChI=1S/C12H15N3O/c1-9-6-4-5-7-10(9)15-11(8-13-14-15)12(2,3)16/h4-8,16H,1-3H3. The van der Waals surface area contributed by atoms with Crippen molar-refractivity contribution < 1.29 is 5.11 Å². The number of nitrogens with zero attached hydrogens (tertiary/aromatic N) is 3. The van der Waals surface area contributed by atoms with Crippen molar-refractivity contribution in [3.8, 4) is 5.69 Å². The second-order valence-corrected chi connectivity index (χ2v) is 4.38. The van der Waals surface area contributed by atoms with Crippen LogP contribution in [0, 0.1) is 6.92 Å². The second kappa shape index (κ2) is 3.72.